The lowest BCUT2D eigenvalue weighted by atomic mass is 9.69. The Morgan fingerprint density at radius 3 is 2.59 bits per heavy atom. The maximum atomic E-state index is 13.8. The van der Waals surface area contributed by atoms with Crippen molar-refractivity contribution in [3.05, 3.63) is 66.0 Å². The van der Waals surface area contributed by atoms with Crippen LogP contribution in [0.4, 0.5) is 0 Å². The summed E-state index contributed by atoms with van der Waals surface area (Å²) in [5.74, 6) is 0.163. The van der Waals surface area contributed by atoms with E-state index < -0.39 is 0 Å². The van der Waals surface area contributed by atoms with Gasteiger partial charge in [0.05, 0.1) is 11.6 Å². The Morgan fingerprint density at radius 2 is 1.86 bits per heavy atom. The average molecular weight is 390 g/mol. The highest BCUT2D eigenvalue weighted by atomic mass is 16.2. The smallest absolute Gasteiger partial charge is 0.256 e. The van der Waals surface area contributed by atoms with Crippen molar-refractivity contribution in [3.8, 4) is 0 Å². The summed E-state index contributed by atoms with van der Waals surface area (Å²) >= 11 is 0. The van der Waals surface area contributed by atoms with Gasteiger partial charge in [-0.3, -0.25) is 14.7 Å². The minimum Gasteiger partial charge on any atom is -0.330 e. The second kappa shape index (κ2) is 7.24. The second-order valence-corrected chi connectivity index (χ2v) is 9.47. The molecule has 1 aromatic heterocycles. The Balaban J connectivity index is 1.59. The number of aromatic nitrogens is 1. The molecule has 0 spiro atoms. The second-order valence-electron chi connectivity index (χ2n) is 9.47. The lowest BCUT2D eigenvalue weighted by Crippen LogP contribution is -2.61. The molecule has 2 aliphatic heterocycles. The minimum atomic E-state index is 0.163. The van der Waals surface area contributed by atoms with Crippen LogP contribution in [0.1, 0.15) is 54.9 Å². The van der Waals surface area contributed by atoms with E-state index in [-0.39, 0.29) is 17.4 Å². The van der Waals surface area contributed by atoms with Crippen LogP contribution in [0.3, 0.4) is 0 Å². The van der Waals surface area contributed by atoms with Crippen LogP contribution in [0.2, 0.25) is 0 Å². The van der Waals surface area contributed by atoms with E-state index in [1.165, 1.54) is 31.2 Å². The highest BCUT2D eigenvalue weighted by Crippen LogP contribution is 2.55. The number of hydrogen-bond acceptors (Lipinski definition) is 3. The molecule has 3 aliphatic rings. The van der Waals surface area contributed by atoms with E-state index in [4.69, 9.17) is 0 Å². The predicted octanol–water partition coefficient (Wildman–Crippen LogP) is 4.17. The summed E-state index contributed by atoms with van der Waals surface area (Å²) in [7, 11) is 2.30. The first kappa shape index (κ1) is 18.8. The van der Waals surface area contributed by atoms with Crippen LogP contribution in [-0.4, -0.2) is 51.9 Å². The quantitative estimate of drug-likeness (QED) is 0.790. The van der Waals surface area contributed by atoms with Gasteiger partial charge in [-0.15, -0.1) is 0 Å². The zero-order valence-electron chi connectivity index (χ0n) is 17.5. The maximum absolute atomic E-state index is 13.8. The molecule has 152 valence electrons. The molecule has 5 rings (SSSR count). The fraction of sp³-hybridized carbons (Fsp3) is 0.520. The number of likely N-dealkylation sites (tertiary alicyclic amines) is 2. The number of pyridine rings is 1. The monoisotopic (exact) mass is 389 g/mol. The molecule has 5 atom stereocenters. The average Bonchev–Trinajstić information content (AvgIpc) is 2.86. The van der Waals surface area contributed by atoms with Gasteiger partial charge in [-0.05, 0) is 50.4 Å². The van der Waals surface area contributed by atoms with Crippen LogP contribution in [0.25, 0.3) is 0 Å². The number of piperidine rings is 1. The first-order valence-electron chi connectivity index (χ1n) is 11.1. The van der Waals surface area contributed by atoms with Crippen LogP contribution < -0.4 is 0 Å². The fourth-order valence-electron chi connectivity index (χ4n) is 6.62. The van der Waals surface area contributed by atoms with Crippen molar-refractivity contribution in [1.29, 1.82) is 0 Å². The van der Waals surface area contributed by atoms with E-state index in [9.17, 15) is 4.79 Å². The molecule has 2 aromatic rings. The van der Waals surface area contributed by atoms with E-state index in [1.807, 2.05) is 12.1 Å². The number of hydrogen-bond donors (Lipinski definition) is 0. The molecule has 1 aliphatic carbocycles. The van der Waals surface area contributed by atoms with Crippen molar-refractivity contribution in [2.75, 3.05) is 7.05 Å². The Bertz CT molecular complexity index is 870. The molecular weight excluding hydrogens is 358 g/mol. The van der Waals surface area contributed by atoms with E-state index >= 15 is 0 Å². The van der Waals surface area contributed by atoms with Crippen LogP contribution in [-0.2, 0) is 6.42 Å². The number of fused-ring (bicyclic) bond motifs is 1. The van der Waals surface area contributed by atoms with E-state index in [1.54, 1.807) is 12.4 Å². The number of likely N-dealkylation sites (N-methyl/N-ethyl adjacent to an activating group) is 1. The largest absolute Gasteiger partial charge is 0.330 e. The van der Waals surface area contributed by atoms with Crippen LogP contribution in [0, 0.1) is 5.41 Å². The van der Waals surface area contributed by atoms with Crippen LogP contribution in [0.5, 0.6) is 0 Å². The predicted molar refractivity (Wildman–Crippen MR) is 115 cm³/mol. The number of nitrogens with zero attached hydrogens (tertiary/aromatic N) is 3. The van der Waals surface area contributed by atoms with E-state index in [0.29, 0.717) is 18.1 Å². The SMILES string of the molecule is CN1[C@H]2CCCC[C@H]3N(C(=O)c4cccnc4)[C@H](Cc4ccccc4)[C@@H]1C[C@@]23C. The molecule has 0 unspecified atom stereocenters. The molecule has 1 saturated carbocycles. The van der Waals surface area contributed by atoms with Gasteiger partial charge in [0, 0.05) is 35.9 Å². The molecule has 1 aromatic carbocycles. The van der Waals surface area contributed by atoms with Crippen molar-refractivity contribution in [1.82, 2.24) is 14.8 Å². The van der Waals surface area contributed by atoms with Crippen molar-refractivity contribution in [2.24, 2.45) is 5.41 Å². The zero-order valence-corrected chi connectivity index (χ0v) is 17.5. The van der Waals surface area contributed by atoms with Gasteiger partial charge in [0.25, 0.3) is 5.91 Å². The standard InChI is InChI=1S/C25H31N3O/c1-25-16-21-20(15-18-9-4-3-5-10-18)28(24(29)19-11-8-14-26-17-19)23(25)13-7-6-12-22(25)27(21)2/h3-5,8-11,14,17,20-23H,6-7,12-13,15-16H2,1-2H3/t20-,21+,22+,23-,25+/m1/s1. The molecule has 4 nitrogen and oxygen atoms in total. The normalized spacial score (nSPS) is 34.1. The molecule has 1 amide bonds. The first-order chi connectivity index (χ1) is 14.1. The lowest BCUT2D eigenvalue weighted by Gasteiger charge is -2.51. The number of carbonyl (C=O) groups is 1. The molecule has 3 heterocycles. The first-order valence-corrected chi connectivity index (χ1v) is 11.1. The molecule has 29 heavy (non-hydrogen) atoms. The number of benzene rings is 1. The molecule has 0 radical (unpaired) electrons. The molecule has 2 saturated heterocycles. The topological polar surface area (TPSA) is 36.4 Å². The summed E-state index contributed by atoms with van der Waals surface area (Å²) in [5, 5.41) is 0. The third kappa shape index (κ3) is 3.00. The van der Waals surface area contributed by atoms with Gasteiger partial charge in [-0.25, -0.2) is 0 Å². The Labute approximate surface area is 173 Å². The van der Waals surface area contributed by atoms with Gasteiger partial charge in [0.15, 0.2) is 0 Å². The molecule has 0 N–H and O–H groups in total. The van der Waals surface area contributed by atoms with Gasteiger partial charge in [0.2, 0.25) is 0 Å². The van der Waals surface area contributed by atoms with Gasteiger partial charge in [-0.1, -0.05) is 50.1 Å². The Hall–Kier alpha value is -2.20. The van der Waals surface area contributed by atoms with Gasteiger partial charge in [-0.2, -0.15) is 0 Å². The molecule has 4 heteroatoms. The fourth-order valence-corrected chi connectivity index (χ4v) is 6.62. The minimum absolute atomic E-state index is 0.163. The summed E-state index contributed by atoms with van der Waals surface area (Å²) in [5.41, 5.74) is 2.22. The summed E-state index contributed by atoms with van der Waals surface area (Å²) < 4.78 is 0. The van der Waals surface area contributed by atoms with Crippen molar-refractivity contribution < 1.29 is 4.79 Å². The van der Waals surface area contributed by atoms with E-state index in [2.05, 4.69) is 59.1 Å². The lowest BCUT2D eigenvalue weighted by molar-refractivity contribution is 0.00207. The van der Waals surface area contributed by atoms with Crippen molar-refractivity contribution in [3.63, 3.8) is 0 Å². The Morgan fingerprint density at radius 1 is 1.10 bits per heavy atom. The summed E-state index contributed by atoms with van der Waals surface area (Å²) in [6.07, 6.45) is 10.5. The number of carbonyl (C=O) groups excluding carboxylic acids is 1. The van der Waals surface area contributed by atoms with Gasteiger partial charge in [0.1, 0.15) is 0 Å². The summed E-state index contributed by atoms with van der Waals surface area (Å²) in [6, 6.07) is 16.0. The van der Waals surface area contributed by atoms with Gasteiger partial charge < -0.3 is 4.90 Å². The highest BCUT2D eigenvalue weighted by molar-refractivity contribution is 5.94. The van der Waals surface area contributed by atoms with Crippen molar-refractivity contribution >= 4 is 5.91 Å². The number of amides is 1. The van der Waals surface area contributed by atoms with Crippen LogP contribution in [0.15, 0.2) is 54.9 Å². The van der Waals surface area contributed by atoms with E-state index in [0.717, 1.165) is 18.4 Å². The molecule has 3 fully saturated rings. The Kier molecular flexibility index (Phi) is 4.70. The maximum Gasteiger partial charge on any atom is 0.256 e. The summed E-state index contributed by atoms with van der Waals surface area (Å²) in [6.45, 7) is 2.45. The molecular formula is C25H31N3O. The zero-order chi connectivity index (χ0) is 20.0. The van der Waals surface area contributed by atoms with Gasteiger partial charge >= 0.3 is 0 Å². The highest BCUT2D eigenvalue weighted by Gasteiger charge is 2.61. The molecule has 2 bridgehead atoms. The third-order valence-electron chi connectivity index (χ3n) is 7.96. The summed E-state index contributed by atoms with van der Waals surface area (Å²) in [4.78, 5) is 23.0. The van der Waals surface area contributed by atoms with Crippen molar-refractivity contribution in [2.45, 2.75) is 69.6 Å². The number of rotatable bonds is 3. The third-order valence-corrected chi connectivity index (χ3v) is 7.96. The van der Waals surface area contributed by atoms with Crippen LogP contribution >= 0.6 is 0 Å².